The molecule has 3 aromatic heterocycles. The molecular formula is C22H19N3O5. The molecule has 4 rings (SSSR count). The number of para-hydroxylation sites is 1. The van der Waals surface area contributed by atoms with E-state index in [1.807, 2.05) is 30.3 Å². The van der Waals surface area contributed by atoms with E-state index in [4.69, 9.17) is 13.6 Å². The number of amides is 2. The van der Waals surface area contributed by atoms with Crippen LogP contribution < -0.4 is 15.4 Å². The van der Waals surface area contributed by atoms with E-state index in [2.05, 4.69) is 15.6 Å². The number of nitrogens with one attached hydrogen (secondary N) is 2. The Morgan fingerprint density at radius 2 is 1.93 bits per heavy atom. The van der Waals surface area contributed by atoms with Crippen LogP contribution in [0.25, 0.3) is 22.4 Å². The van der Waals surface area contributed by atoms with Crippen LogP contribution in [-0.2, 0) is 11.4 Å². The van der Waals surface area contributed by atoms with Crippen molar-refractivity contribution in [2.45, 2.75) is 6.61 Å². The zero-order chi connectivity index (χ0) is 20.9. The molecule has 0 bridgehead atoms. The van der Waals surface area contributed by atoms with Crippen molar-refractivity contribution in [3.05, 3.63) is 72.3 Å². The average molecular weight is 405 g/mol. The van der Waals surface area contributed by atoms with Gasteiger partial charge in [-0.05, 0) is 36.4 Å². The molecule has 0 spiro atoms. The van der Waals surface area contributed by atoms with Crippen LogP contribution in [0.3, 0.4) is 0 Å². The van der Waals surface area contributed by atoms with Crippen LogP contribution in [0.5, 0.6) is 5.75 Å². The fourth-order valence-corrected chi connectivity index (χ4v) is 2.81. The third-order valence-electron chi connectivity index (χ3n) is 4.36. The van der Waals surface area contributed by atoms with E-state index < -0.39 is 5.91 Å². The summed E-state index contributed by atoms with van der Waals surface area (Å²) in [5.41, 5.74) is 1.37. The fraction of sp³-hybridized carbons (Fsp3) is 0.136. The maximum absolute atomic E-state index is 12.0. The van der Waals surface area contributed by atoms with Gasteiger partial charge in [0.25, 0.3) is 5.91 Å². The lowest BCUT2D eigenvalue weighted by atomic mass is 10.2. The summed E-state index contributed by atoms with van der Waals surface area (Å²) in [6.07, 6.45) is 1.58. The average Bonchev–Trinajstić information content (AvgIpc) is 3.43. The summed E-state index contributed by atoms with van der Waals surface area (Å²) < 4.78 is 17.0. The molecule has 8 nitrogen and oxygen atoms in total. The first kappa shape index (κ1) is 19.3. The van der Waals surface area contributed by atoms with E-state index >= 15 is 0 Å². The maximum Gasteiger partial charge on any atom is 0.287 e. The minimum absolute atomic E-state index is 0.0981. The first-order chi connectivity index (χ1) is 14.6. The number of hydrogen-bond donors (Lipinski definition) is 2. The van der Waals surface area contributed by atoms with E-state index in [0.717, 1.165) is 16.7 Å². The van der Waals surface area contributed by atoms with Gasteiger partial charge in [0.1, 0.15) is 29.4 Å². The highest BCUT2D eigenvalue weighted by Crippen LogP contribution is 2.24. The molecule has 0 aliphatic carbocycles. The van der Waals surface area contributed by atoms with Crippen molar-refractivity contribution in [2.24, 2.45) is 0 Å². The number of rotatable bonds is 7. The molecular weight excluding hydrogens is 386 g/mol. The van der Waals surface area contributed by atoms with Crippen LogP contribution in [0.4, 0.5) is 0 Å². The quantitative estimate of drug-likeness (QED) is 0.489. The summed E-state index contributed by atoms with van der Waals surface area (Å²) in [5.74, 6) is 1.06. The molecule has 0 aliphatic rings. The van der Waals surface area contributed by atoms with Crippen LogP contribution in [0.2, 0.25) is 0 Å². The summed E-state index contributed by atoms with van der Waals surface area (Å²) in [6.45, 7) is 0.160. The van der Waals surface area contributed by atoms with E-state index in [1.54, 1.807) is 24.4 Å². The molecule has 0 aliphatic heterocycles. The number of aromatic nitrogens is 1. The molecule has 0 atom stereocenters. The second-order valence-electron chi connectivity index (χ2n) is 6.44. The maximum atomic E-state index is 12.0. The number of ether oxygens (including phenoxy) is 1. The summed E-state index contributed by atoms with van der Waals surface area (Å²) in [6, 6.07) is 16.4. The summed E-state index contributed by atoms with van der Waals surface area (Å²) in [4.78, 5) is 27.5. The van der Waals surface area contributed by atoms with Gasteiger partial charge in [0, 0.05) is 12.4 Å². The highest BCUT2D eigenvalue weighted by Gasteiger charge is 2.14. The van der Waals surface area contributed by atoms with E-state index in [1.165, 1.54) is 13.1 Å². The van der Waals surface area contributed by atoms with Gasteiger partial charge in [0.15, 0.2) is 11.5 Å². The van der Waals surface area contributed by atoms with Crippen molar-refractivity contribution in [3.63, 3.8) is 0 Å². The Bertz CT molecular complexity index is 1140. The third kappa shape index (κ3) is 4.33. The second-order valence-corrected chi connectivity index (χ2v) is 6.44. The molecule has 30 heavy (non-hydrogen) atoms. The first-order valence-corrected chi connectivity index (χ1v) is 9.27. The van der Waals surface area contributed by atoms with Crippen LogP contribution in [0.1, 0.15) is 16.3 Å². The Hall–Kier alpha value is -4.07. The summed E-state index contributed by atoms with van der Waals surface area (Å²) in [5, 5.41) is 5.92. The predicted molar refractivity (Wildman–Crippen MR) is 109 cm³/mol. The van der Waals surface area contributed by atoms with Gasteiger partial charge in [-0.2, -0.15) is 0 Å². The molecule has 152 valence electrons. The van der Waals surface area contributed by atoms with Gasteiger partial charge in [-0.3, -0.25) is 9.59 Å². The Kier molecular flexibility index (Phi) is 5.47. The SMILES string of the molecule is CNC(=O)CNC(=O)c1ccc(-c2ccc(OCc3cc4ccccc4o3)cn2)o1. The highest BCUT2D eigenvalue weighted by molar-refractivity contribution is 5.94. The van der Waals surface area contributed by atoms with E-state index in [0.29, 0.717) is 17.2 Å². The van der Waals surface area contributed by atoms with Gasteiger partial charge < -0.3 is 24.2 Å². The van der Waals surface area contributed by atoms with Crippen molar-refractivity contribution in [1.82, 2.24) is 15.6 Å². The normalized spacial score (nSPS) is 10.7. The minimum Gasteiger partial charge on any atom is -0.484 e. The lowest BCUT2D eigenvalue weighted by molar-refractivity contribution is -0.119. The second kappa shape index (κ2) is 8.52. The van der Waals surface area contributed by atoms with Gasteiger partial charge in [-0.1, -0.05) is 18.2 Å². The summed E-state index contributed by atoms with van der Waals surface area (Å²) in [7, 11) is 1.50. The Morgan fingerprint density at radius 3 is 2.70 bits per heavy atom. The monoisotopic (exact) mass is 405 g/mol. The number of nitrogens with zero attached hydrogens (tertiary/aromatic N) is 1. The molecule has 1 aromatic carbocycles. The number of benzene rings is 1. The number of fused-ring (bicyclic) bond motifs is 1. The smallest absolute Gasteiger partial charge is 0.287 e. The Labute approximate surface area is 171 Å². The summed E-state index contributed by atoms with van der Waals surface area (Å²) >= 11 is 0. The predicted octanol–water partition coefficient (Wildman–Crippen LogP) is 3.14. The van der Waals surface area contributed by atoms with Crippen LogP contribution >= 0.6 is 0 Å². The third-order valence-corrected chi connectivity index (χ3v) is 4.36. The molecule has 8 heteroatoms. The van der Waals surface area contributed by atoms with Gasteiger partial charge >= 0.3 is 0 Å². The highest BCUT2D eigenvalue weighted by atomic mass is 16.5. The van der Waals surface area contributed by atoms with Crippen molar-refractivity contribution < 1.29 is 23.2 Å². The molecule has 0 unspecified atom stereocenters. The minimum atomic E-state index is -0.476. The first-order valence-electron chi connectivity index (χ1n) is 9.27. The molecule has 4 aromatic rings. The Morgan fingerprint density at radius 1 is 1.07 bits per heavy atom. The lowest BCUT2D eigenvalue weighted by Crippen LogP contribution is -2.34. The fourth-order valence-electron chi connectivity index (χ4n) is 2.81. The van der Waals surface area contributed by atoms with E-state index in [-0.39, 0.29) is 24.8 Å². The number of likely N-dealkylation sites (N-methyl/N-ethyl adjacent to an activating group) is 1. The molecule has 3 heterocycles. The molecule has 0 saturated heterocycles. The number of hydrogen-bond acceptors (Lipinski definition) is 6. The number of carbonyl (C=O) groups is 2. The molecule has 0 fully saturated rings. The van der Waals surface area contributed by atoms with Gasteiger partial charge in [-0.25, -0.2) is 4.98 Å². The Balaban J connectivity index is 1.37. The zero-order valence-electron chi connectivity index (χ0n) is 16.2. The zero-order valence-corrected chi connectivity index (χ0v) is 16.2. The van der Waals surface area contributed by atoms with E-state index in [9.17, 15) is 9.59 Å². The van der Waals surface area contributed by atoms with Crippen molar-refractivity contribution >= 4 is 22.8 Å². The number of furan rings is 2. The van der Waals surface area contributed by atoms with Crippen LogP contribution in [0.15, 0.2) is 69.6 Å². The molecule has 2 N–H and O–H groups in total. The topological polar surface area (TPSA) is 107 Å². The van der Waals surface area contributed by atoms with Gasteiger partial charge in [0.05, 0.1) is 12.7 Å². The van der Waals surface area contributed by atoms with Crippen molar-refractivity contribution in [3.8, 4) is 17.2 Å². The molecule has 2 amide bonds. The standard InChI is InChI=1S/C22H19N3O5/c1-23-21(26)12-25-22(27)20-9-8-19(30-20)17-7-6-15(11-24-17)28-13-16-10-14-4-2-3-5-18(14)29-16/h2-11H,12-13H2,1H3,(H,23,26)(H,25,27). The van der Waals surface area contributed by atoms with Crippen molar-refractivity contribution in [1.29, 1.82) is 0 Å². The number of pyridine rings is 1. The van der Waals surface area contributed by atoms with Crippen LogP contribution in [-0.4, -0.2) is 30.4 Å². The lowest BCUT2D eigenvalue weighted by Gasteiger charge is -2.04. The van der Waals surface area contributed by atoms with Crippen LogP contribution in [0, 0.1) is 0 Å². The number of carbonyl (C=O) groups excluding carboxylic acids is 2. The molecule has 0 radical (unpaired) electrons. The molecule has 0 saturated carbocycles. The van der Waals surface area contributed by atoms with Gasteiger partial charge in [-0.15, -0.1) is 0 Å². The van der Waals surface area contributed by atoms with Crippen molar-refractivity contribution in [2.75, 3.05) is 13.6 Å². The largest absolute Gasteiger partial charge is 0.484 e. The van der Waals surface area contributed by atoms with Gasteiger partial charge in [0.2, 0.25) is 5.91 Å².